The number of nitrogens with zero attached hydrogens (tertiary/aromatic N) is 3. The average Bonchev–Trinajstić information content (AvgIpc) is 2.87. The van der Waals surface area contributed by atoms with Crippen molar-refractivity contribution in [2.24, 2.45) is 5.10 Å². The number of rotatable bonds is 6. The predicted molar refractivity (Wildman–Crippen MR) is 85.5 cm³/mol. The summed E-state index contributed by atoms with van der Waals surface area (Å²) in [6.07, 6.45) is 0.869. The van der Waals surface area contributed by atoms with Crippen LogP contribution < -0.4 is 15.0 Å². The smallest absolute Gasteiger partial charge is 0.241 e. The molecule has 2 aromatic rings. The van der Waals surface area contributed by atoms with Crippen molar-refractivity contribution in [3.8, 4) is 11.4 Å². The van der Waals surface area contributed by atoms with E-state index in [2.05, 4.69) is 14.9 Å². The normalized spacial score (nSPS) is 11.5. The molecule has 7 heteroatoms. The topological polar surface area (TPSA) is 75.3 Å². The zero-order chi connectivity index (χ0) is 15.2. The standard InChI is InChI=1S/C14H19N5OS/c1-4-10(3)16-17-14-18-21-13(15)19(14)11-6-8-12(9-7-11)20-5-2/h6-9,15H,4-5H2,1-3H3,(H,17,18)/b15-13?,16-10-. The molecule has 0 spiro atoms. The zero-order valence-electron chi connectivity index (χ0n) is 12.4. The third kappa shape index (κ3) is 3.69. The molecule has 0 saturated heterocycles. The van der Waals surface area contributed by atoms with Gasteiger partial charge < -0.3 is 4.74 Å². The molecule has 1 aromatic carbocycles. The van der Waals surface area contributed by atoms with Crippen molar-refractivity contribution in [1.82, 2.24) is 8.94 Å². The van der Waals surface area contributed by atoms with Crippen LogP contribution in [0.3, 0.4) is 0 Å². The van der Waals surface area contributed by atoms with Gasteiger partial charge in [-0.3, -0.25) is 9.98 Å². The number of benzene rings is 1. The van der Waals surface area contributed by atoms with Crippen LogP contribution in [0.15, 0.2) is 29.4 Å². The molecule has 2 rings (SSSR count). The molecule has 0 aliphatic heterocycles. The molecular formula is C14H19N5OS. The van der Waals surface area contributed by atoms with E-state index in [1.807, 2.05) is 45.0 Å². The average molecular weight is 305 g/mol. The lowest BCUT2D eigenvalue weighted by Gasteiger charge is -2.08. The maximum absolute atomic E-state index is 7.99. The SMILES string of the molecule is CCOc1ccc(-n2c(N/N=C(/C)CC)nsc2=N)cc1. The molecule has 0 aliphatic carbocycles. The van der Waals surface area contributed by atoms with E-state index in [-0.39, 0.29) is 0 Å². The van der Waals surface area contributed by atoms with E-state index in [1.54, 1.807) is 4.57 Å². The summed E-state index contributed by atoms with van der Waals surface area (Å²) >= 11 is 1.12. The molecule has 0 radical (unpaired) electrons. The Kier molecular flexibility index (Phi) is 5.10. The van der Waals surface area contributed by atoms with E-state index in [9.17, 15) is 0 Å². The number of ether oxygens (including phenoxy) is 1. The summed E-state index contributed by atoms with van der Waals surface area (Å²) in [5.74, 6) is 1.35. The van der Waals surface area contributed by atoms with E-state index in [0.717, 1.165) is 35.1 Å². The summed E-state index contributed by atoms with van der Waals surface area (Å²) in [4.78, 5) is 0.339. The van der Waals surface area contributed by atoms with Gasteiger partial charge in [0.1, 0.15) is 5.75 Å². The molecule has 0 saturated carbocycles. The summed E-state index contributed by atoms with van der Waals surface area (Å²) in [5.41, 5.74) is 4.75. The number of anilines is 1. The van der Waals surface area contributed by atoms with Crippen molar-refractivity contribution in [2.75, 3.05) is 12.0 Å². The lowest BCUT2D eigenvalue weighted by Crippen LogP contribution is -2.13. The number of aromatic nitrogens is 2. The van der Waals surface area contributed by atoms with Crippen LogP contribution in [-0.2, 0) is 0 Å². The summed E-state index contributed by atoms with van der Waals surface area (Å²) in [5, 5.41) is 12.2. The maximum atomic E-state index is 7.99. The number of hydrogen-bond acceptors (Lipinski definition) is 6. The van der Waals surface area contributed by atoms with Crippen LogP contribution in [0.4, 0.5) is 5.95 Å². The fourth-order valence-electron chi connectivity index (χ4n) is 1.66. The van der Waals surface area contributed by atoms with E-state index >= 15 is 0 Å². The molecule has 0 bridgehead atoms. The van der Waals surface area contributed by atoms with Crippen molar-refractivity contribution in [3.63, 3.8) is 0 Å². The second-order valence-corrected chi connectivity index (χ2v) is 5.14. The van der Waals surface area contributed by atoms with Crippen LogP contribution in [0.25, 0.3) is 5.69 Å². The quantitative estimate of drug-likeness (QED) is 0.636. The Morgan fingerprint density at radius 1 is 1.38 bits per heavy atom. The highest BCUT2D eigenvalue weighted by Gasteiger charge is 2.08. The molecule has 0 fully saturated rings. The number of hydrogen-bond donors (Lipinski definition) is 2. The highest BCUT2D eigenvalue weighted by Crippen LogP contribution is 2.17. The van der Waals surface area contributed by atoms with Crippen molar-refractivity contribution < 1.29 is 4.74 Å². The first-order valence-electron chi connectivity index (χ1n) is 6.81. The summed E-state index contributed by atoms with van der Waals surface area (Å²) in [6.45, 7) is 6.57. The molecule has 2 N–H and O–H groups in total. The van der Waals surface area contributed by atoms with Gasteiger partial charge in [0.25, 0.3) is 0 Å². The Labute approximate surface area is 127 Å². The fraction of sp³-hybridized carbons (Fsp3) is 0.357. The van der Waals surface area contributed by atoms with Gasteiger partial charge in [0.15, 0.2) is 0 Å². The molecule has 21 heavy (non-hydrogen) atoms. The Hall–Kier alpha value is -2.15. The minimum atomic E-state index is 0.339. The summed E-state index contributed by atoms with van der Waals surface area (Å²) in [6, 6.07) is 7.57. The van der Waals surface area contributed by atoms with Gasteiger partial charge in [-0.25, -0.2) is 5.43 Å². The Morgan fingerprint density at radius 2 is 2.10 bits per heavy atom. The predicted octanol–water partition coefficient (Wildman–Crippen LogP) is 3.01. The van der Waals surface area contributed by atoms with E-state index in [0.29, 0.717) is 17.4 Å². The fourth-order valence-corrected chi connectivity index (χ4v) is 2.23. The van der Waals surface area contributed by atoms with E-state index in [1.165, 1.54) is 0 Å². The van der Waals surface area contributed by atoms with Gasteiger partial charge in [0, 0.05) is 17.2 Å². The Morgan fingerprint density at radius 3 is 2.71 bits per heavy atom. The molecule has 1 heterocycles. The minimum absolute atomic E-state index is 0.339. The Bertz CT molecular complexity index is 671. The molecule has 0 aliphatic rings. The molecule has 112 valence electrons. The van der Waals surface area contributed by atoms with Gasteiger partial charge in [-0.1, -0.05) is 6.92 Å². The maximum Gasteiger partial charge on any atom is 0.241 e. The van der Waals surface area contributed by atoms with Crippen molar-refractivity contribution >= 4 is 23.2 Å². The monoisotopic (exact) mass is 305 g/mol. The largest absolute Gasteiger partial charge is 0.494 e. The van der Waals surface area contributed by atoms with Gasteiger partial charge in [-0.2, -0.15) is 9.47 Å². The first-order valence-corrected chi connectivity index (χ1v) is 7.58. The third-order valence-corrected chi connectivity index (χ3v) is 3.52. The van der Waals surface area contributed by atoms with E-state index in [4.69, 9.17) is 10.1 Å². The van der Waals surface area contributed by atoms with Crippen molar-refractivity contribution in [3.05, 3.63) is 29.1 Å². The zero-order valence-corrected chi connectivity index (χ0v) is 13.2. The second kappa shape index (κ2) is 7.03. The van der Waals surface area contributed by atoms with Crippen LogP contribution in [0.5, 0.6) is 5.75 Å². The number of nitrogens with one attached hydrogen (secondary N) is 2. The third-order valence-electron chi connectivity index (χ3n) is 2.90. The van der Waals surface area contributed by atoms with Crippen LogP contribution in [0.2, 0.25) is 0 Å². The van der Waals surface area contributed by atoms with Gasteiger partial charge >= 0.3 is 0 Å². The van der Waals surface area contributed by atoms with Crippen LogP contribution in [0.1, 0.15) is 27.2 Å². The summed E-state index contributed by atoms with van der Waals surface area (Å²) < 4.78 is 11.4. The first kappa shape index (κ1) is 15.2. The van der Waals surface area contributed by atoms with Crippen LogP contribution in [-0.4, -0.2) is 21.3 Å². The highest BCUT2D eigenvalue weighted by atomic mass is 32.1. The number of hydrazone groups is 1. The van der Waals surface area contributed by atoms with Crippen LogP contribution >= 0.6 is 11.5 Å². The second-order valence-electron chi connectivity index (χ2n) is 4.39. The van der Waals surface area contributed by atoms with E-state index < -0.39 is 0 Å². The van der Waals surface area contributed by atoms with Gasteiger partial charge in [0.05, 0.1) is 12.3 Å². The minimum Gasteiger partial charge on any atom is -0.494 e. The lowest BCUT2D eigenvalue weighted by atomic mass is 10.3. The molecule has 0 atom stereocenters. The van der Waals surface area contributed by atoms with Gasteiger partial charge in [0.2, 0.25) is 10.7 Å². The lowest BCUT2D eigenvalue weighted by molar-refractivity contribution is 0.340. The molecule has 6 nitrogen and oxygen atoms in total. The highest BCUT2D eigenvalue weighted by molar-refractivity contribution is 7.03. The van der Waals surface area contributed by atoms with Crippen LogP contribution in [0, 0.1) is 5.41 Å². The summed E-state index contributed by atoms with van der Waals surface area (Å²) in [7, 11) is 0. The van der Waals surface area contributed by atoms with Crippen molar-refractivity contribution in [1.29, 1.82) is 5.41 Å². The molecular weight excluding hydrogens is 286 g/mol. The van der Waals surface area contributed by atoms with Crippen molar-refractivity contribution in [2.45, 2.75) is 27.2 Å². The Balaban J connectivity index is 2.30. The first-order chi connectivity index (χ1) is 10.2. The molecule has 0 unspecified atom stereocenters. The van der Waals surface area contributed by atoms with Gasteiger partial charge in [-0.05, 0) is 44.5 Å². The molecule has 1 aromatic heterocycles. The van der Waals surface area contributed by atoms with Gasteiger partial charge in [-0.15, -0.1) is 0 Å². The molecule has 0 amide bonds.